The van der Waals surface area contributed by atoms with Gasteiger partial charge in [0.1, 0.15) is 0 Å². The molecule has 0 radical (unpaired) electrons. The predicted octanol–water partition coefficient (Wildman–Crippen LogP) is 4.82. The summed E-state index contributed by atoms with van der Waals surface area (Å²) in [5, 5.41) is 4.34. The van der Waals surface area contributed by atoms with Crippen molar-refractivity contribution in [2.24, 2.45) is 35.6 Å². The number of nitrogens with zero attached hydrogens (tertiary/aromatic N) is 2. The summed E-state index contributed by atoms with van der Waals surface area (Å²) in [5.74, 6) is 2.32. The van der Waals surface area contributed by atoms with Crippen LogP contribution in [0.15, 0.2) is 23.4 Å². The van der Waals surface area contributed by atoms with Gasteiger partial charge in [-0.15, -0.1) is 0 Å². The number of carbonyl (C=O) groups excluding carboxylic acids is 2. The molecule has 0 spiro atoms. The van der Waals surface area contributed by atoms with Crippen LogP contribution < -0.4 is 0 Å². The third-order valence-electron chi connectivity index (χ3n) is 9.20. The lowest BCUT2D eigenvalue weighted by atomic mass is 9.47. The van der Waals surface area contributed by atoms with Gasteiger partial charge < -0.3 is 0 Å². The highest BCUT2D eigenvalue weighted by Crippen LogP contribution is 2.65. The zero-order valence-corrected chi connectivity index (χ0v) is 18.1. The largest absolute Gasteiger partial charge is 0.295 e. The highest BCUT2D eigenvalue weighted by molar-refractivity contribution is 6.06. The number of ketones is 2. The Hall–Kier alpha value is -1.97. The fourth-order valence-corrected chi connectivity index (χ4v) is 7.20. The van der Waals surface area contributed by atoms with E-state index in [1.54, 1.807) is 0 Å². The van der Waals surface area contributed by atoms with Crippen LogP contribution >= 0.6 is 0 Å². The molecule has 29 heavy (non-hydrogen) atoms. The highest BCUT2D eigenvalue weighted by atomic mass is 16.1. The van der Waals surface area contributed by atoms with Crippen LogP contribution in [0.25, 0.3) is 6.08 Å². The molecule has 3 saturated carbocycles. The maximum Gasteiger partial charge on any atom is 0.165 e. The van der Waals surface area contributed by atoms with E-state index in [9.17, 15) is 9.59 Å². The number of rotatable bonds is 1. The lowest BCUT2D eigenvalue weighted by Crippen LogP contribution is -2.50. The van der Waals surface area contributed by atoms with Crippen LogP contribution in [0.4, 0.5) is 0 Å². The second kappa shape index (κ2) is 6.26. The van der Waals surface area contributed by atoms with Crippen molar-refractivity contribution in [2.75, 3.05) is 0 Å². The molecule has 1 aromatic rings. The minimum atomic E-state index is -0.217. The van der Waals surface area contributed by atoms with E-state index in [4.69, 9.17) is 0 Å². The average Bonchev–Trinajstić information content (AvgIpc) is 3.14. The van der Waals surface area contributed by atoms with E-state index in [-0.39, 0.29) is 10.8 Å². The van der Waals surface area contributed by atoms with Crippen LogP contribution in [0.3, 0.4) is 0 Å². The van der Waals surface area contributed by atoms with Crippen LogP contribution in [-0.4, -0.2) is 21.3 Å². The number of Topliss-reactive ketones (excluding diaryl/α,β-unsaturated/α-hetero) is 1. The molecule has 0 bridgehead atoms. The lowest BCUT2D eigenvalue weighted by molar-refractivity contribution is -0.130. The quantitative estimate of drug-likeness (QED) is 0.644. The second-order valence-electron chi connectivity index (χ2n) is 10.4. The third kappa shape index (κ3) is 2.60. The second-order valence-corrected chi connectivity index (χ2v) is 10.4. The van der Waals surface area contributed by atoms with Crippen molar-refractivity contribution in [3.05, 3.63) is 34.7 Å². The Balaban J connectivity index is 1.49. The van der Waals surface area contributed by atoms with Crippen molar-refractivity contribution in [1.82, 2.24) is 9.78 Å². The predicted molar refractivity (Wildman–Crippen MR) is 113 cm³/mol. The molecule has 1 aromatic heterocycles. The van der Waals surface area contributed by atoms with Crippen LogP contribution in [-0.2, 0) is 16.6 Å². The van der Waals surface area contributed by atoms with E-state index < -0.39 is 0 Å². The molecule has 0 unspecified atom stereocenters. The van der Waals surface area contributed by atoms with Gasteiger partial charge in [-0.1, -0.05) is 19.4 Å². The summed E-state index contributed by atoms with van der Waals surface area (Å²) in [6, 6.07) is 0. The van der Waals surface area contributed by atoms with Gasteiger partial charge in [0, 0.05) is 30.1 Å². The highest BCUT2D eigenvalue weighted by Gasteiger charge is 2.60. The van der Waals surface area contributed by atoms with Gasteiger partial charge in [-0.2, -0.15) is 5.10 Å². The number of fused-ring (bicyclic) bond motifs is 5. The number of aryl methyl sites for hydroxylation is 1. The van der Waals surface area contributed by atoms with E-state index in [2.05, 4.69) is 31.9 Å². The molecule has 0 aliphatic heterocycles. The van der Waals surface area contributed by atoms with Crippen LogP contribution in [0.1, 0.15) is 70.1 Å². The number of allylic oxidation sites excluding steroid dienone is 2. The molecule has 4 nitrogen and oxygen atoms in total. The maximum atomic E-state index is 13.5. The van der Waals surface area contributed by atoms with Crippen LogP contribution in [0.2, 0.25) is 0 Å². The Morgan fingerprint density at radius 2 is 1.90 bits per heavy atom. The Morgan fingerprint density at radius 3 is 2.62 bits per heavy atom. The monoisotopic (exact) mass is 392 g/mol. The molecule has 0 saturated heterocycles. The summed E-state index contributed by atoms with van der Waals surface area (Å²) in [5.41, 5.74) is 4.51. The summed E-state index contributed by atoms with van der Waals surface area (Å²) in [6.07, 6.45) is 12.8. The van der Waals surface area contributed by atoms with E-state index >= 15 is 0 Å². The van der Waals surface area contributed by atoms with Gasteiger partial charge in [0.05, 0.1) is 6.20 Å². The van der Waals surface area contributed by atoms with Crippen molar-refractivity contribution < 1.29 is 9.59 Å². The minimum Gasteiger partial charge on any atom is -0.295 e. The Labute approximate surface area is 173 Å². The number of carbonyl (C=O) groups is 2. The Bertz CT molecular complexity index is 967. The molecular weight excluding hydrogens is 360 g/mol. The molecule has 154 valence electrons. The number of aromatic nitrogens is 2. The zero-order valence-electron chi connectivity index (χ0n) is 18.1. The molecule has 5 atom stereocenters. The fourth-order valence-electron chi connectivity index (χ4n) is 7.20. The molecule has 0 aromatic carbocycles. The first-order valence-corrected chi connectivity index (χ1v) is 11.2. The summed E-state index contributed by atoms with van der Waals surface area (Å²) in [6.45, 7) is 6.69. The van der Waals surface area contributed by atoms with Crippen LogP contribution in [0.5, 0.6) is 0 Å². The first-order chi connectivity index (χ1) is 13.7. The standard InChI is InChI=1S/C25H32N2O2/c1-15-17(14-26-27(15)4)11-16-12-22-20-6-5-18-13-19(28)7-9-24(18,2)21(20)8-10-25(22,3)23(16)29/h11,13-14,20-22H,5-10,12H2,1-4H3/b16-11+/t20-,21+,22+,24-,25-/m0/s1. The van der Waals surface area contributed by atoms with Crippen molar-refractivity contribution in [3.8, 4) is 0 Å². The molecule has 0 N–H and O–H groups in total. The maximum absolute atomic E-state index is 13.5. The molecule has 4 aliphatic carbocycles. The van der Waals surface area contributed by atoms with Gasteiger partial charge in [-0.05, 0) is 86.3 Å². The van der Waals surface area contributed by atoms with Gasteiger partial charge >= 0.3 is 0 Å². The average molecular weight is 393 g/mol. The Morgan fingerprint density at radius 1 is 1.10 bits per heavy atom. The first kappa shape index (κ1) is 19.0. The van der Waals surface area contributed by atoms with E-state index in [0.717, 1.165) is 55.4 Å². The SMILES string of the molecule is Cc1c(/C=C2\C[C@@H]3[C@H]4CCC5=CC(=O)CC[C@]5(C)[C@@H]4CC[C@]3(C)C2=O)cnn1C. The van der Waals surface area contributed by atoms with Crippen LogP contribution in [0, 0.1) is 35.5 Å². The van der Waals surface area contributed by atoms with Gasteiger partial charge in [-0.25, -0.2) is 0 Å². The summed E-state index contributed by atoms with van der Waals surface area (Å²) < 4.78 is 1.87. The van der Waals surface area contributed by atoms with Gasteiger partial charge in [0.25, 0.3) is 0 Å². The zero-order chi connectivity index (χ0) is 20.6. The molecule has 1 heterocycles. The summed E-state index contributed by atoms with van der Waals surface area (Å²) in [4.78, 5) is 25.5. The minimum absolute atomic E-state index is 0.160. The van der Waals surface area contributed by atoms with Gasteiger partial charge in [-0.3, -0.25) is 14.3 Å². The van der Waals surface area contributed by atoms with Gasteiger partial charge in [0.15, 0.2) is 11.6 Å². The van der Waals surface area contributed by atoms with Gasteiger partial charge in [0.2, 0.25) is 0 Å². The molecule has 0 amide bonds. The first-order valence-electron chi connectivity index (χ1n) is 11.2. The summed E-state index contributed by atoms with van der Waals surface area (Å²) in [7, 11) is 1.95. The van der Waals surface area contributed by atoms with Crippen molar-refractivity contribution in [1.29, 1.82) is 0 Å². The normalized spacial score (nSPS) is 40.5. The van der Waals surface area contributed by atoms with Crippen molar-refractivity contribution in [3.63, 3.8) is 0 Å². The summed E-state index contributed by atoms with van der Waals surface area (Å²) >= 11 is 0. The molecule has 4 aliphatic rings. The van der Waals surface area contributed by atoms with E-state index in [0.29, 0.717) is 35.7 Å². The molecule has 4 heteroatoms. The van der Waals surface area contributed by atoms with Crippen molar-refractivity contribution >= 4 is 17.6 Å². The van der Waals surface area contributed by atoms with Crippen molar-refractivity contribution in [2.45, 2.75) is 65.7 Å². The molecule has 3 fully saturated rings. The number of hydrogen-bond acceptors (Lipinski definition) is 3. The van der Waals surface area contributed by atoms with E-state index in [1.165, 1.54) is 5.57 Å². The third-order valence-corrected chi connectivity index (χ3v) is 9.20. The number of hydrogen-bond donors (Lipinski definition) is 0. The smallest absolute Gasteiger partial charge is 0.165 e. The lowest BCUT2D eigenvalue weighted by Gasteiger charge is -2.56. The fraction of sp³-hybridized carbons (Fsp3) is 0.640. The molecular formula is C25H32N2O2. The van der Waals surface area contributed by atoms with E-state index in [1.807, 2.05) is 24.0 Å². The Kier molecular flexibility index (Phi) is 4.11. The molecule has 5 rings (SSSR count). The topological polar surface area (TPSA) is 52.0 Å².